The molecule has 0 atom stereocenters. The number of aromatic amines is 2. The van der Waals surface area contributed by atoms with Crippen LogP contribution in [0.2, 0.25) is 0 Å². The van der Waals surface area contributed by atoms with Crippen molar-refractivity contribution in [2.75, 3.05) is 0 Å². The first-order valence-corrected chi connectivity index (χ1v) is 4.07. The molecule has 0 saturated heterocycles. The maximum Gasteiger partial charge on any atom is 0.352 e. The minimum atomic E-state index is -1.24. The second-order valence-corrected chi connectivity index (χ2v) is 2.95. The molecular weight excluding hydrogens is 200 g/mol. The van der Waals surface area contributed by atoms with Gasteiger partial charge >= 0.3 is 5.97 Å². The Labute approximate surface area is 82.2 Å². The Hall–Kier alpha value is -2.37. The fourth-order valence-corrected chi connectivity index (χ4v) is 1.34. The average Bonchev–Trinajstić information content (AvgIpc) is 2.17. The van der Waals surface area contributed by atoms with E-state index in [1.807, 2.05) is 0 Å². The van der Waals surface area contributed by atoms with Gasteiger partial charge in [-0.15, -0.1) is 0 Å². The van der Waals surface area contributed by atoms with Crippen LogP contribution in [0, 0.1) is 0 Å². The predicted octanol–water partition coefficient (Wildman–Crippen LogP) is -0.0854. The van der Waals surface area contributed by atoms with Crippen LogP contribution < -0.4 is 11.1 Å². The van der Waals surface area contributed by atoms with Crippen LogP contribution in [0.25, 0.3) is 10.8 Å². The topological polar surface area (TPSA) is 103 Å². The van der Waals surface area contributed by atoms with Gasteiger partial charge in [-0.3, -0.25) is 9.59 Å². The number of hydrogen-bond acceptors (Lipinski definition) is 3. The largest absolute Gasteiger partial charge is 0.477 e. The highest BCUT2D eigenvalue weighted by Crippen LogP contribution is 2.04. The van der Waals surface area contributed by atoms with Crippen molar-refractivity contribution in [3.05, 3.63) is 44.7 Å². The molecule has 15 heavy (non-hydrogen) atoms. The highest BCUT2D eigenvalue weighted by atomic mass is 16.4. The molecule has 2 aromatic rings. The van der Waals surface area contributed by atoms with Crippen molar-refractivity contribution in [2.24, 2.45) is 0 Å². The molecule has 2 heterocycles. The standard InChI is InChI=1S/C9H6N2O4/c12-7-6-4(1-2-10-7)3-5(9(14)15)11-8(6)13/h1-3H,(H,10,12)(H,11,13)(H,14,15). The molecule has 2 aromatic heterocycles. The quantitative estimate of drug-likeness (QED) is 0.606. The molecule has 0 aliphatic carbocycles. The summed E-state index contributed by atoms with van der Waals surface area (Å²) >= 11 is 0. The minimum absolute atomic E-state index is 0.0671. The highest BCUT2D eigenvalue weighted by molar-refractivity contribution is 5.91. The molecule has 0 aliphatic rings. The molecule has 0 fully saturated rings. The van der Waals surface area contributed by atoms with Crippen LogP contribution in [0.3, 0.4) is 0 Å². The van der Waals surface area contributed by atoms with Crippen molar-refractivity contribution in [3.8, 4) is 0 Å². The first-order chi connectivity index (χ1) is 7.09. The monoisotopic (exact) mass is 206 g/mol. The third-order valence-corrected chi connectivity index (χ3v) is 2.00. The number of nitrogens with one attached hydrogen (secondary N) is 2. The molecule has 0 amide bonds. The third kappa shape index (κ3) is 1.41. The molecular formula is C9H6N2O4. The van der Waals surface area contributed by atoms with Gasteiger partial charge in [0, 0.05) is 6.20 Å². The smallest absolute Gasteiger partial charge is 0.352 e. The minimum Gasteiger partial charge on any atom is -0.477 e. The van der Waals surface area contributed by atoms with E-state index in [1.54, 1.807) is 0 Å². The van der Waals surface area contributed by atoms with Crippen molar-refractivity contribution >= 4 is 16.7 Å². The van der Waals surface area contributed by atoms with Crippen LogP contribution in [0.15, 0.2) is 27.9 Å². The molecule has 6 nitrogen and oxygen atoms in total. The van der Waals surface area contributed by atoms with Crippen LogP contribution in [0.4, 0.5) is 0 Å². The number of carboxylic acids is 1. The Morgan fingerprint density at radius 1 is 1.27 bits per heavy atom. The van der Waals surface area contributed by atoms with Crippen molar-refractivity contribution in [2.45, 2.75) is 0 Å². The average molecular weight is 206 g/mol. The molecule has 0 radical (unpaired) electrons. The van der Waals surface area contributed by atoms with Crippen LogP contribution in [0.5, 0.6) is 0 Å². The summed E-state index contributed by atoms with van der Waals surface area (Å²) < 4.78 is 0. The molecule has 0 aliphatic heterocycles. The van der Waals surface area contributed by atoms with E-state index in [2.05, 4.69) is 9.97 Å². The molecule has 0 saturated carbocycles. The van der Waals surface area contributed by atoms with Gasteiger partial charge in [-0.2, -0.15) is 0 Å². The Balaban J connectivity index is 2.97. The summed E-state index contributed by atoms with van der Waals surface area (Å²) in [5.41, 5.74) is -1.48. The highest BCUT2D eigenvalue weighted by Gasteiger charge is 2.09. The zero-order valence-corrected chi connectivity index (χ0v) is 7.40. The van der Waals surface area contributed by atoms with E-state index in [4.69, 9.17) is 5.11 Å². The zero-order chi connectivity index (χ0) is 11.0. The summed E-state index contributed by atoms with van der Waals surface area (Å²) in [7, 11) is 0. The summed E-state index contributed by atoms with van der Waals surface area (Å²) in [5.74, 6) is -1.24. The Morgan fingerprint density at radius 2 is 2.00 bits per heavy atom. The summed E-state index contributed by atoms with van der Waals surface area (Å²) in [4.78, 5) is 37.7. The second-order valence-electron chi connectivity index (χ2n) is 2.95. The van der Waals surface area contributed by atoms with Crippen molar-refractivity contribution in [3.63, 3.8) is 0 Å². The van der Waals surface area contributed by atoms with Gasteiger partial charge in [0.15, 0.2) is 0 Å². The van der Waals surface area contributed by atoms with E-state index in [0.717, 1.165) is 0 Å². The van der Waals surface area contributed by atoms with Gasteiger partial charge in [-0.1, -0.05) is 0 Å². The number of hydrogen-bond donors (Lipinski definition) is 3. The van der Waals surface area contributed by atoms with Crippen molar-refractivity contribution < 1.29 is 9.90 Å². The number of aromatic nitrogens is 2. The molecule has 0 bridgehead atoms. The Kier molecular flexibility index (Phi) is 1.89. The van der Waals surface area contributed by atoms with E-state index in [-0.39, 0.29) is 11.1 Å². The lowest BCUT2D eigenvalue weighted by molar-refractivity contribution is 0.0690. The molecule has 0 spiro atoms. The maximum absolute atomic E-state index is 11.4. The third-order valence-electron chi connectivity index (χ3n) is 2.00. The first kappa shape index (κ1) is 9.20. The number of aromatic carboxylic acids is 1. The molecule has 0 aromatic carbocycles. The van der Waals surface area contributed by atoms with Crippen LogP contribution in [-0.4, -0.2) is 21.0 Å². The lowest BCUT2D eigenvalue weighted by Gasteiger charge is -1.97. The number of H-pyrrole nitrogens is 2. The molecule has 0 unspecified atom stereocenters. The zero-order valence-electron chi connectivity index (χ0n) is 7.40. The molecule has 2 rings (SSSR count). The molecule has 3 N–H and O–H groups in total. The molecule has 6 heteroatoms. The van der Waals surface area contributed by atoms with E-state index < -0.39 is 17.1 Å². The Morgan fingerprint density at radius 3 is 2.67 bits per heavy atom. The van der Waals surface area contributed by atoms with Gasteiger partial charge in [-0.25, -0.2) is 4.79 Å². The second kappa shape index (κ2) is 3.09. The summed E-state index contributed by atoms with van der Waals surface area (Å²) in [5, 5.41) is 8.92. The van der Waals surface area contributed by atoms with Gasteiger partial charge in [0.25, 0.3) is 11.1 Å². The van der Waals surface area contributed by atoms with Crippen molar-refractivity contribution in [1.29, 1.82) is 0 Å². The number of rotatable bonds is 1. The maximum atomic E-state index is 11.4. The van der Waals surface area contributed by atoms with Gasteiger partial charge < -0.3 is 15.1 Å². The van der Waals surface area contributed by atoms with E-state index in [9.17, 15) is 14.4 Å². The van der Waals surface area contributed by atoms with Crippen LogP contribution in [-0.2, 0) is 0 Å². The van der Waals surface area contributed by atoms with Crippen molar-refractivity contribution in [1.82, 2.24) is 9.97 Å². The Bertz CT molecular complexity index is 653. The normalized spacial score (nSPS) is 10.4. The lowest BCUT2D eigenvalue weighted by Crippen LogP contribution is -2.20. The fourth-order valence-electron chi connectivity index (χ4n) is 1.34. The van der Waals surface area contributed by atoms with E-state index in [1.165, 1.54) is 18.3 Å². The number of carbonyl (C=O) groups is 1. The fraction of sp³-hybridized carbons (Fsp3) is 0. The number of fused-ring (bicyclic) bond motifs is 1. The first-order valence-electron chi connectivity index (χ1n) is 4.07. The van der Waals surface area contributed by atoms with Crippen LogP contribution >= 0.6 is 0 Å². The van der Waals surface area contributed by atoms with E-state index >= 15 is 0 Å². The summed E-state index contributed by atoms with van der Waals surface area (Å²) in [6, 6.07) is 2.72. The van der Waals surface area contributed by atoms with Gasteiger partial charge in [0.05, 0.1) is 0 Å². The number of pyridine rings is 2. The number of carboxylic acid groups (broad SMARTS) is 1. The molecule has 76 valence electrons. The van der Waals surface area contributed by atoms with Gasteiger partial charge in [0.1, 0.15) is 11.1 Å². The van der Waals surface area contributed by atoms with Gasteiger partial charge in [0.2, 0.25) is 0 Å². The summed E-state index contributed by atoms with van der Waals surface area (Å²) in [6.45, 7) is 0. The predicted molar refractivity (Wildman–Crippen MR) is 52.1 cm³/mol. The summed E-state index contributed by atoms with van der Waals surface area (Å²) in [6.07, 6.45) is 1.36. The van der Waals surface area contributed by atoms with E-state index in [0.29, 0.717) is 5.39 Å². The van der Waals surface area contributed by atoms with Gasteiger partial charge in [-0.05, 0) is 17.5 Å². The SMILES string of the molecule is O=C(O)c1cc2cc[nH]c(=O)c2c(=O)[nH]1. The lowest BCUT2D eigenvalue weighted by atomic mass is 10.2. The van der Waals surface area contributed by atoms with Crippen LogP contribution in [0.1, 0.15) is 10.5 Å².